The molecule has 1 rings (SSSR count). The number of hydrogen-bond donors (Lipinski definition) is 0. The fraction of sp³-hybridized carbons (Fsp3) is 0.429. The van der Waals surface area contributed by atoms with Gasteiger partial charge in [-0.3, -0.25) is 0 Å². The summed E-state index contributed by atoms with van der Waals surface area (Å²) < 4.78 is 0. The first kappa shape index (κ1) is 8.33. The molecule has 0 unspecified atom stereocenters. The highest BCUT2D eigenvalue weighted by Gasteiger charge is 1.98. The third-order valence-electron chi connectivity index (χ3n) is 1.23. The van der Waals surface area contributed by atoms with E-state index in [0.717, 1.165) is 11.0 Å². The van der Waals surface area contributed by atoms with Crippen molar-refractivity contribution in [1.82, 2.24) is 9.97 Å². The Balaban J connectivity index is 2.91. The fourth-order valence-corrected chi connectivity index (χ4v) is 1.03. The summed E-state index contributed by atoms with van der Waals surface area (Å²) in [5.74, 6) is 0.761. The van der Waals surface area contributed by atoms with Gasteiger partial charge in [-0.2, -0.15) is 0 Å². The number of nitrogens with zero attached hydrogens (tertiary/aromatic N) is 3. The van der Waals surface area contributed by atoms with Gasteiger partial charge in [0.25, 0.3) is 0 Å². The molecular formula is C7H11N3S. The summed E-state index contributed by atoms with van der Waals surface area (Å²) in [5.41, 5.74) is 0. The van der Waals surface area contributed by atoms with Crippen molar-refractivity contribution in [3.05, 3.63) is 12.3 Å². The summed E-state index contributed by atoms with van der Waals surface area (Å²) in [5, 5.41) is 1.00. The number of rotatable bonds is 2. The first-order chi connectivity index (χ1) is 5.24. The largest absolute Gasteiger partial charge is 0.347 e. The maximum Gasteiger partial charge on any atom is 0.225 e. The second kappa shape index (κ2) is 3.57. The smallest absolute Gasteiger partial charge is 0.225 e. The molecule has 0 amide bonds. The molecule has 3 nitrogen and oxygen atoms in total. The molecule has 1 aromatic heterocycles. The van der Waals surface area contributed by atoms with E-state index in [4.69, 9.17) is 0 Å². The van der Waals surface area contributed by atoms with Crippen LogP contribution in [0.15, 0.2) is 17.3 Å². The molecule has 60 valence electrons. The van der Waals surface area contributed by atoms with E-state index >= 15 is 0 Å². The van der Waals surface area contributed by atoms with Crippen molar-refractivity contribution in [2.45, 2.75) is 5.03 Å². The van der Waals surface area contributed by atoms with Crippen LogP contribution < -0.4 is 4.90 Å². The Morgan fingerprint density at radius 2 is 2.18 bits per heavy atom. The van der Waals surface area contributed by atoms with Crippen molar-refractivity contribution in [1.29, 1.82) is 0 Å². The maximum absolute atomic E-state index is 4.27. The lowest BCUT2D eigenvalue weighted by atomic mass is 10.6. The minimum Gasteiger partial charge on any atom is -0.347 e. The van der Waals surface area contributed by atoms with Crippen LogP contribution >= 0.6 is 11.8 Å². The number of anilines is 1. The van der Waals surface area contributed by atoms with Crippen LogP contribution in [-0.4, -0.2) is 30.3 Å². The molecule has 0 aliphatic rings. The zero-order chi connectivity index (χ0) is 8.27. The average molecular weight is 169 g/mol. The number of aromatic nitrogens is 2. The molecule has 4 heteroatoms. The summed E-state index contributed by atoms with van der Waals surface area (Å²) in [4.78, 5) is 10.2. The molecular weight excluding hydrogens is 158 g/mol. The van der Waals surface area contributed by atoms with Crippen LogP contribution in [0.25, 0.3) is 0 Å². The number of thioether (sulfide) groups is 1. The quantitative estimate of drug-likeness (QED) is 0.492. The molecule has 0 saturated carbocycles. The first-order valence-electron chi connectivity index (χ1n) is 3.28. The van der Waals surface area contributed by atoms with Gasteiger partial charge in [0.05, 0.1) is 0 Å². The lowest BCUT2D eigenvalue weighted by Gasteiger charge is -2.09. The van der Waals surface area contributed by atoms with Gasteiger partial charge in [-0.25, -0.2) is 9.97 Å². The summed E-state index contributed by atoms with van der Waals surface area (Å²) in [6.45, 7) is 0. The van der Waals surface area contributed by atoms with E-state index < -0.39 is 0 Å². The Morgan fingerprint density at radius 1 is 1.45 bits per heavy atom. The predicted octanol–water partition coefficient (Wildman–Crippen LogP) is 1.26. The summed E-state index contributed by atoms with van der Waals surface area (Å²) >= 11 is 1.62. The minimum atomic E-state index is 0.761. The van der Waals surface area contributed by atoms with Gasteiger partial charge < -0.3 is 4.90 Å². The average Bonchev–Trinajstić information content (AvgIpc) is 2.05. The minimum absolute atomic E-state index is 0.761. The summed E-state index contributed by atoms with van der Waals surface area (Å²) in [6.07, 6.45) is 3.77. The van der Waals surface area contributed by atoms with Gasteiger partial charge in [-0.1, -0.05) is 0 Å². The van der Waals surface area contributed by atoms with Crippen LogP contribution in [0, 0.1) is 0 Å². The van der Waals surface area contributed by atoms with Crippen LogP contribution in [-0.2, 0) is 0 Å². The molecule has 11 heavy (non-hydrogen) atoms. The van der Waals surface area contributed by atoms with Crippen LogP contribution in [0.4, 0.5) is 5.95 Å². The topological polar surface area (TPSA) is 29.0 Å². The fourth-order valence-electron chi connectivity index (χ4n) is 0.662. The predicted molar refractivity (Wildman–Crippen MR) is 48.1 cm³/mol. The highest BCUT2D eigenvalue weighted by Crippen LogP contribution is 2.12. The summed E-state index contributed by atoms with van der Waals surface area (Å²) in [6, 6.07) is 1.90. The molecule has 0 bridgehead atoms. The molecule has 0 saturated heterocycles. The third-order valence-corrected chi connectivity index (χ3v) is 1.87. The summed E-state index contributed by atoms with van der Waals surface area (Å²) in [7, 11) is 3.86. The van der Waals surface area contributed by atoms with E-state index in [2.05, 4.69) is 9.97 Å². The van der Waals surface area contributed by atoms with E-state index in [9.17, 15) is 0 Å². The second-order valence-electron chi connectivity index (χ2n) is 2.29. The molecule has 0 aliphatic heterocycles. The van der Waals surface area contributed by atoms with Crippen molar-refractivity contribution < 1.29 is 0 Å². The lowest BCUT2D eigenvalue weighted by Crippen LogP contribution is -2.12. The van der Waals surface area contributed by atoms with Gasteiger partial charge in [0.1, 0.15) is 5.03 Å². The molecule has 0 radical (unpaired) electrons. The molecule has 0 fully saturated rings. The first-order valence-corrected chi connectivity index (χ1v) is 4.51. The maximum atomic E-state index is 4.27. The standard InChI is InChI=1S/C7H11N3S/c1-10(2)7-8-5-4-6(9-7)11-3/h4-5H,1-3H3. The monoisotopic (exact) mass is 169 g/mol. The van der Waals surface area contributed by atoms with Crippen molar-refractivity contribution in [2.75, 3.05) is 25.3 Å². The van der Waals surface area contributed by atoms with Gasteiger partial charge in [0.2, 0.25) is 5.95 Å². The second-order valence-corrected chi connectivity index (χ2v) is 3.12. The molecule has 0 spiro atoms. The molecule has 0 N–H and O–H groups in total. The van der Waals surface area contributed by atoms with Crippen molar-refractivity contribution in [3.8, 4) is 0 Å². The van der Waals surface area contributed by atoms with E-state index in [1.807, 2.05) is 31.3 Å². The van der Waals surface area contributed by atoms with Gasteiger partial charge in [-0.05, 0) is 12.3 Å². The van der Waals surface area contributed by atoms with Gasteiger partial charge >= 0.3 is 0 Å². The SMILES string of the molecule is CSc1ccnc(N(C)C)n1. The van der Waals surface area contributed by atoms with Gasteiger partial charge in [-0.15, -0.1) is 11.8 Å². The zero-order valence-electron chi connectivity index (χ0n) is 6.90. The zero-order valence-corrected chi connectivity index (χ0v) is 7.72. The van der Waals surface area contributed by atoms with Gasteiger partial charge in [0, 0.05) is 20.3 Å². The Morgan fingerprint density at radius 3 is 2.73 bits per heavy atom. The highest BCUT2D eigenvalue weighted by atomic mass is 32.2. The van der Waals surface area contributed by atoms with Gasteiger partial charge in [0.15, 0.2) is 0 Å². The normalized spacial score (nSPS) is 9.73. The molecule has 0 atom stereocenters. The Labute approximate surface area is 70.8 Å². The molecule has 0 aromatic carbocycles. The van der Waals surface area contributed by atoms with Crippen LogP contribution in [0.2, 0.25) is 0 Å². The van der Waals surface area contributed by atoms with E-state index in [0.29, 0.717) is 0 Å². The Hall–Kier alpha value is -0.770. The molecule has 0 aliphatic carbocycles. The highest BCUT2D eigenvalue weighted by molar-refractivity contribution is 7.98. The van der Waals surface area contributed by atoms with Crippen molar-refractivity contribution in [2.24, 2.45) is 0 Å². The van der Waals surface area contributed by atoms with E-state index in [1.54, 1.807) is 18.0 Å². The Bertz CT molecular complexity index is 237. The van der Waals surface area contributed by atoms with Crippen LogP contribution in [0.3, 0.4) is 0 Å². The Kier molecular flexibility index (Phi) is 2.70. The lowest BCUT2D eigenvalue weighted by molar-refractivity contribution is 0.951. The van der Waals surface area contributed by atoms with Crippen LogP contribution in [0.5, 0.6) is 0 Å². The third kappa shape index (κ3) is 2.08. The van der Waals surface area contributed by atoms with Crippen molar-refractivity contribution in [3.63, 3.8) is 0 Å². The van der Waals surface area contributed by atoms with Crippen LogP contribution in [0.1, 0.15) is 0 Å². The van der Waals surface area contributed by atoms with E-state index in [-0.39, 0.29) is 0 Å². The van der Waals surface area contributed by atoms with Crippen molar-refractivity contribution >= 4 is 17.7 Å². The number of hydrogen-bond acceptors (Lipinski definition) is 4. The van der Waals surface area contributed by atoms with E-state index in [1.165, 1.54) is 0 Å². The molecule has 1 heterocycles. The molecule has 1 aromatic rings.